The van der Waals surface area contributed by atoms with Crippen LogP contribution in [0.1, 0.15) is 16.7 Å². The summed E-state index contributed by atoms with van der Waals surface area (Å²) < 4.78 is 37.3. The summed E-state index contributed by atoms with van der Waals surface area (Å²) in [6.07, 6.45) is 0.446. The average molecular weight is 999 g/mol. The third-order valence-corrected chi connectivity index (χ3v) is 11.3. The number of nitrogens with one attached hydrogen (secondary N) is 2. The van der Waals surface area contributed by atoms with Gasteiger partial charge in [-0.2, -0.15) is 0 Å². The molecule has 54 heavy (non-hydrogen) atoms. The molecule has 0 aromatic heterocycles. The molecule has 0 bridgehead atoms. The number of hydrogen-bond donors (Lipinski definition) is 7. The van der Waals surface area contributed by atoms with Crippen LogP contribution in [0.5, 0.6) is 17.2 Å². The van der Waals surface area contributed by atoms with E-state index in [4.69, 9.17) is 0 Å². The van der Waals surface area contributed by atoms with Gasteiger partial charge in [0.25, 0.3) is 22.2 Å². The van der Waals surface area contributed by atoms with E-state index < -0.39 is 45.4 Å². The summed E-state index contributed by atoms with van der Waals surface area (Å²) in [5.41, 5.74) is 0.0975. The summed E-state index contributed by atoms with van der Waals surface area (Å²) in [6.45, 7) is 0.416. The fraction of sp³-hybridized carbons (Fsp3) is 0.194. The first-order valence-electron chi connectivity index (χ1n) is 14.8. The third kappa shape index (κ3) is 13.4. The Bertz CT molecular complexity index is 2120. The highest BCUT2D eigenvalue weighted by molar-refractivity contribution is 9.11. The second kappa shape index (κ2) is 20.6. The van der Waals surface area contributed by atoms with Gasteiger partial charge in [0.05, 0.1) is 8.95 Å². The number of nitrogens with zero attached hydrogens (tertiary/aromatic N) is 2. The number of hydrogen-bond acceptors (Lipinski definition) is 16. The van der Waals surface area contributed by atoms with Gasteiger partial charge in [-0.25, -0.2) is 13.2 Å². The van der Waals surface area contributed by atoms with Gasteiger partial charge in [0.2, 0.25) is 5.76 Å². The molecule has 3 aromatic rings. The zero-order chi connectivity index (χ0) is 40.2. The largest absolute Gasteiger partial charge is 0.871 e. The molecular formula is C31H27Br3N4O13S3-2. The second-order valence-corrected chi connectivity index (χ2v) is 16.8. The van der Waals surface area contributed by atoms with Gasteiger partial charge in [-0.3, -0.25) is 9.59 Å². The lowest BCUT2D eigenvalue weighted by Crippen LogP contribution is -2.34. The molecule has 0 unspecified atom stereocenters. The molecule has 23 heteroatoms. The van der Waals surface area contributed by atoms with E-state index in [9.17, 15) is 58.2 Å². The Kier molecular flexibility index (Phi) is 17.0. The number of carboxylic acid groups (broad SMARTS) is 1. The Labute approximate surface area is 340 Å². The average Bonchev–Trinajstić information content (AvgIpc) is 3.10. The van der Waals surface area contributed by atoms with Crippen molar-refractivity contribution in [3.05, 3.63) is 78.3 Å². The Morgan fingerprint density at radius 3 is 1.89 bits per heavy atom. The highest BCUT2D eigenvalue weighted by atomic mass is 79.9. The number of aromatic hydroxyl groups is 2. The zero-order valence-corrected chi connectivity index (χ0v) is 34.3. The number of oxime groups is 2. The minimum Gasteiger partial charge on any atom is -0.871 e. The summed E-state index contributed by atoms with van der Waals surface area (Å²) in [5.74, 6) is -4.58. The molecule has 7 N–H and O–H groups in total. The van der Waals surface area contributed by atoms with E-state index in [1.54, 1.807) is 12.1 Å². The predicted octanol–water partition coefficient (Wildman–Crippen LogP) is 4.09. The predicted molar refractivity (Wildman–Crippen MR) is 207 cm³/mol. The first-order valence-corrected chi connectivity index (χ1v) is 21.0. The van der Waals surface area contributed by atoms with Crippen LogP contribution in [0.15, 0.2) is 72.0 Å². The number of carboxylic acids is 1. The molecule has 0 fully saturated rings. The van der Waals surface area contributed by atoms with Crippen molar-refractivity contribution in [2.75, 3.05) is 24.6 Å². The molecule has 0 heterocycles. The molecule has 0 spiro atoms. The monoisotopic (exact) mass is 996 g/mol. The molecule has 3 aromatic carbocycles. The molecule has 290 valence electrons. The van der Waals surface area contributed by atoms with Crippen LogP contribution in [0.4, 0.5) is 0 Å². The first-order chi connectivity index (χ1) is 25.4. The summed E-state index contributed by atoms with van der Waals surface area (Å²) in [7, 11) is -2.66. The molecule has 0 saturated heterocycles. The molecule has 0 aliphatic carbocycles. The van der Waals surface area contributed by atoms with Crippen molar-refractivity contribution >= 4 is 115 Å². The molecule has 0 radical (unpaired) electrons. The van der Waals surface area contributed by atoms with Gasteiger partial charge in [-0.15, -0.1) is 0 Å². The standard InChI is InChI=1S/C31H29Br3N4O13S3/c32-20-9-15(1-2-25(20)39)12-23(37-46)29(42)35-3-5-52-53-6-4-36-30(43)24(38-47)13-16-7-18(27(40)21(33)10-16)19-8-17(11-22(34)28(19)41)14-26(31(44)45)51-54(48,49)50/h1-2,7-11,14,39-41,46-47H,3-6,12-13H2,(H,35,42)(H,36,43)(H,44,45)(H,48,49,50)/p-2/b26-14?,37-23+,38-24+. The van der Waals surface area contributed by atoms with Crippen LogP contribution in [0.2, 0.25) is 0 Å². The zero-order valence-electron chi connectivity index (χ0n) is 27.1. The van der Waals surface area contributed by atoms with Crippen molar-refractivity contribution in [1.82, 2.24) is 10.6 Å². The number of carbonyl (C=O) groups excluding carboxylic acids is 2. The lowest BCUT2D eigenvalue weighted by Gasteiger charge is -2.20. The summed E-state index contributed by atoms with van der Waals surface area (Å²) >= 11 is 9.41. The van der Waals surface area contributed by atoms with E-state index in [-0.39, 0.29) is 74.3 Å². The van der Waals surface area contributed by atoms with Gasteiger partial charge in [0.15, 0.2) is 0 Å². The molecule has 2 amide bonds. The van der Waals surface area contributed by atoms with E-state index in [2.05, 4.69) is 72.9 Å². The minimum atomic E-state index is -5.45. The van der Waals surface area contributed by atoms with Gasteiger partial charge in [0, 0.05) is 47.5 Å². The second-order valence-electron chi connectivity index (χ2n) is 10.5. The molecule has 0 atom stereocenters. The number of aliphatic carboxylic acids is 1. The van der Waals surface area contributed by atoms with Crippen LogP contribution in [-0.2, 0) is 41.8 Å². The number of halogens is 3. The molecular weight excluding hydrogens is 972 g/mol. The molecule has 17 nitrogen and oxygen atoms in total. The fourth-order valence-electron chi connectivity index (χ4n) is 4.35. The number of phenols is 2. The van der Waals surface area contributed by atoms with Gasteiger partial charge in [-0.05, 0) is 90.5 Å². The highest BCUT2D eigenvalue weighted by Crippen LogP contribution is 2.43. The van der Waals surface area contributed by atoms with Crippen LogP contribution >= 0.6 is 69.4 Å². The quantitative estimate of drug-likeness (QED) is 0.0109. The minimum absolute atomic E-state index is 0.00811. The van der Waals surface area contributed by atoms with Crippen molar-refractivity contribution in [2.45, 2.75) is 12.8 Å². The Morgan fingerprint density at radius 2 is 1.37 bits per heavy atom. The number of carbonyl (C=O) groups is 3. The van der Waals surface area contributed by atoms with E-state index in [1.807, 2.05) is 0 Å². The van der Waals surface area contributed by atoms with E-state index in [0.717, 1.165) is 6.07 Å². The van der Waals surface area contributed by atoms with E-state index >= 15 is 0 Å². The van der Waals surface area contributed by atoms with E-state index in [1.165, 1.54) is 45.9 Å². The fourth-order valence-corrected chi connectivity index (χ4v) is 7.91. The highest BCUT2D eigenvalue weighted by Gasteiger charge is 2.19. The summed E-state index contributed by atoms with van der Waals surface area (Å²) in [5, 5.41) is 73.0. The number of amides is 2. The molecule has 0 saturated carbocycles. The number of phenolic OH excluding ortho intramolecular Hbond substituents is 2. The Balaban J connectivity index is 1.57. The molecule has 3 rings (SSSR count). The van der Waals surface area contributed by atoms with E-state index in [0.29, 0.717) is 27.6 Å². The number of benzene rings is 3. The lowest BCUT2D eigenvalue weighted by molar-refractivity contribution is -0.268. The van der Waals surface area contributed by atoms with Crippen molar-refractivity contribution in [1.29, 1.82) is 0 Å². The smallest absolute Gasteiger partial charge is 0.372 e. The van der Waals surface area contributed by atoms with Crippen molar-refractivity contribution in [3.63, 3.8) is 0 Å². The lowest BCUT2D eigenvalue weighted by atomic mass is 9.97. The maximum atomic E-state index is 13.1. The van der Waals surface area contributed by atoms with Crippen LogP contribution in [0.25, 0.3) is 17.2 Å². The van der Waals surface area contributed by atoms with Crippen LogP contribution < -0.4 is 15.7 Å². The normalized spacial score (nSPS) is 12.3. The van der Waals surface area contributed by atoms with Crippen LogP contribution in [0.3, 0.4) is 0 Å². The van der Waals surface area contributed by atoms with Crippen LogP contribution in [0, 0.1) is 0 Å². The summed E-state index contributed by atoms with van der Waals surface area (Å²) in [4.78, 5) is 36.6. The SMILES string of the molecule is O=C(O)C(=Cc1cc(Br)c(O)c(-c2cc(C/C(=N\O)C(=O)NCCSSCCNC(=O)/C(Cc3ccc(O)c(Br)c3)=N/O)cc(Br)c2[O-])c1)OS(=O)(=O)[O-]. The first kappa shape index (κ1) is 44.4. The Morgan fingerprint density at radius 1 is 0.815 bits per heavy atom. The van der Waals surface area contributed by atoms with Crippen molar-refractivity contribution < 1.29 is 62.4 Å². The maximum Gasteiger partial charge on any atom is 0.372 e. The third-order valence-electron chi connectivity index (χ3n) is 6.73. The summed E-state index contributed by atoms with van der Waals surface area (Å²) in [6, 6.07) is 9.59. The van der Waals surface area contributed by atoms with Gasteiger partial charge < -0.3 is 50.2 Å². The van der Waals surface area contributed by atoms with Gasteiger partial charge in [0.1, 0.15) is 22.9 Å². The molecule has 0 aliphatic rings. The van der Waals surface area contributed by atoms with Crippen molar-refractivity contribution in [3.8, 4) is 28.4 Å². The topological polar surface area (TPSA) is 291 Å². The van der Waals surface area contributed by atoms with Gasteiger partial charge in [-0.1, -0.05) is 65.7 Å². The number of rotatable bonds is 18. The van der Waals surface area contributed by atoms with Crippen LogP contribution in [-0.4, -0.2) is 92.5 Å². The van der Waals surface area contributed by atoms with Gasteiger partial charge >= 0.3 is 5.97 Å². The molecule has 0 aliphatic heterocycles. The Hall–Kier alpha value is -4.00. The maximum absolute atomic E-state index is 13.1. The van der Waals surface area contributed by atoms with Crippen molar-refractivity contribution in [2.24, 2.45) is 10.3 Å².